The third-order valence-electron chi connectivity index (χ3n) is 9.33. The number of likely N-dealkylation sites (tertiary alicyclic amines) is 2. The van der Waals surface area contributed by atoms with Gasteiger partial charge in [-0.25, -0.2) is 13.2 Å². The lowest BCUT2D eigenvalue weighted by molar-refractivity contribution is -0.392. The summed E-state index contributed by atoms with van der Waals surface area (Å²) >= 11 is -2.10. The van der Waals surface area contributed by atoms with Gasteiger partial charge in [-0.05, 0) is 60.4 Å². The van der Waals surface area contributed by atoms with Crippen molar-refractivity contribution >= 4 is 23.0 Å². The topological polar surface area (TPSA) is 72.9 Å². The van der Waals surface area contributed by atoms with Crippen LogP contribution in [0.25, 0.3) is 0 Å². The number of carbonyl (C=O) groups is 2. The summed E-state index contributed by atoms with van der Waals surface area (Å²) in [4.78, 5) is 28.5. The lowest BCUT2D eigenvalue weighted by Gasteiger charge is -2.38. The maximum atomic E-state index is 14.5. The van der Waals surface area contributed by atoms with Gasteiger partial charge in [-0.2, -0.15) is 26.3 Å². The molecule has 270 valence electrons. The average molecular weight is 735 g/mol. The van der Waals surface area contributed by atoms with Crippen LogP contribution < -0.4 is 0 Å². The van der Waals surface area contributed by atoms with E-state index in [-0.39, 0.29) is 41.8 Å². The second-order valence-electron chi connectivity index (χ2n) is 12.3. The first-order valence-corrected chi connectivity index (χ1v) is 16.6. The van der Waals surface area contributed by atoms with E-state index in [1.54, 1.807) is 4.90 Å². The Morgan fingerprint density at radius 3 is 1.92 bits per heavy atom. The van der Waals surface area contributed by atoms with E-state index in [1.807, 2.05) is 0 Å². The molecule has 0 bridgehead atoms. The molecule has 0 radical (unpaired) electrons. The zero-order valence-corrected chi connectivity index (χ0v) is 27.2. The highest BCUT2D eigenvalue weighted by Crippen LogP contribution is 2.54. The quantitative estimate of drug-likeness (QED) is 0.182. The van der Waals surface area contributed by atoms with Crippen LogP contribution in [-0.2, 0) is 42.5 Å². The van der Waals surface area contributed by atoms with Crippen molar-refractivity contribution < 1.29 is 58.4 Å². The highest BCUT2D eigenvalue weighted by Gasteiger charge is 2.73. The number of nitrogens with zero attached hydrogens (tertiary/aromatic N) is 2. The van der Waals surface area contributed by atoms with Gasteiger partial charge in [0, 0.05) is 55.6 Å². The van der Waals surface area contributed by atoms with Crippen LogP contribution in [0.5, 0.6) is 0 Å². The molecule has 50 heavy (non-hydrogen) atoms. The zero-order valence-electron chi connectivity index (χ0n) is 26.4. The molecule has 2 heterocycles. The van der Waals surface area contributed by atoms with E-state index in [0.29, 0.717) is 50.2 Å². The standard InChI is InChI=1S/C34H31F9N2O4S/c1-21(46)44-16-13-22(14-17-44)30(47)45-18-15-31(20-45,50(48)26-11-9-25(35)10-12-26)23-5-7-24(8-6-23)32(33(38,39)40,34(41,42)43)49-19-27-28(36)3-2-4-29(27)37/h2-12,22H,13-20H2,1H3. The predicted molar refractivity (Wildman–Crippen MR) is 162 cm³/mol. The van der Waals surface area contributed by atoms with Crippen LogP contribution in [0.3, 0.4) is 0 Å². The monoisotopic (exact) mass is 734 g/mol. The molecule has 0 spiro atoms. The van der Waals surface area contributed by atoms with Crippen molar-refractivity contribution in [2.75, 3.05) is 26.2 Å². The minimum atomic E-state index is -6.17. The van der Waals surface area contributed by atoms with Crippen molar-refractivity contribution in [2.24, 2.45) is 5.92 Å². The van der Waals surface area contributed by atoms with Gasteiger partial charge in [-0.15, -0.1) is 0 Å². The van der Waals surface area contributed by atoms with Crippen molar-refractivity contribution in [1.29, 1.82) is 0 Å². The number of ether oxygens (including phenoxy) is 1. The fourth-order valence-corrected chi connectivity index (χ4v) is 8.28. The molecule has 2 fully saturated rings. The Balaban J connectivity index is 1.52. The van der Waals surface area contributed by atoms with Crippen LogP contribution in [0.1, 0.15) is 42.9 Å². The molecule has 0 aliphatic carbocycles. The Morgan fingerprint density at radius 1 is 0.840 bits per heavy atom. The number of piperidine rings is 1. The second kappa shape index (κ2) is 14.1. The van der Waals surface area contributed by atoms with Gasteiger partial charge in [0.15, 0.2) is 9.64 Å². The Labute approximate surface area is 284 Å². The zero-order chi connectivity index (χ0) is 36.6. The molecule has 2 amide bonds. The van der Waals surface area contributed by atoms with Crippen molar-refractivity contribution in [3.05, 3.63) is 101 Å². The molecular formula is C34H31F9N2O4S. The highest BCUT2D eigenvalue weighted by molar-refractivity contribution is 7.92. The number of amides is 2. The minimum absolute atomic E-state index is 0.0128. The molecule has 5 rings (SSSR count). The molecule has 16 heteroatoms. The molecule has 6 nitrogen and oxygen atoms in total. The summed E-state index contributed by atoms with van der Waals surface area (Å²) in [5.41, 5.74) is -7.59. The van der Waals surface area contributed by atoms with E-state index in [2.05, 4.69) is 4.74 Å². The van der Waals surface area contributed by atoms with E-state index in [0.717, 1.165) is 30.3 Å². The Kier molecular flexibility index (Phi) is 10.6. The van der Waals surface area contributed by atoms with Crippen molar-refractivity contribution in [3.63, 3.8) is 0 Å². The van der Waals surface area contributed by atoms with Crippen molar-refractivity contribution in [1.82, 2.24) is 9.80 Å². The average Bonchev–Trinajstić information content (AvgIpc) is 3.51. The lowest BCUT2D eigenvalue weighted by Crippen LogP contribution is -2.56. The van der Waals surface area contributed by atoms with E-state index < -0.39 is 75.0 Å². The minimum Gasteiger partial charge on any atom is -0.611 e. The largest absolute Gasteiger partial charge is 0.611 e. The smallest absolute Gasteiger partial charge is 0.430 e. The van der Waals surface area contributed by atoms with Crippen molar-refractivity contribution in [3.8, 4) is 0 Å². The number of hydrogen-bond acceptors (Lipinski definition) is 4. The Morgan fingerprint density at radius 2 is 1.40 bits per heavy atom. The second-order valence-corrected chi connectivity index (χ2v) is 14.0. The van der Waals surface area contributed by atoms with E-state index in [1.165, 1.54) is 24.0 Å². The molecule has 3 aromatic rings. The van der Waals surface area contributed by atoms with Gasteiger partial charge in [0.1, 0.15) is 17.5 Å². The van der Waals surface area contributed by atoms with Gasteiger partial charge in [0.05, 0.1) is 13.2 Å². The van der Waals surface area contributed by atoms with Crippen molar-refractivity contribution in [2.45, 2.75) is 60.4 Å². The van der Waals surface area contributed by atoms with Gasteiger partial charge in [0.25, 0.3) is 5.60 Å². The third-order valence-corrected chi connectivity index (χ3v) is 11.3. The van der Waals surface area contributed by atoms with Gasteiger partial charge in [0.2, 0.25) is 11.8 Å². The number of carbonyl (C=O) groups excluding carboxylic acids is 2. The van der Waals surface area contributed by atoms with Gasteiger partial charge in [-0.1, -0.05) is 30.3 Å². The summed E-state index contributed by atoms with van der Waals surface area (Å²) in [6, 6.07) is 9.60. The maximum absolute atomic E-state index is 14.5. The molecule has 2 saturated heterocycles. The van der Waals surface area contributed by atoms with Crippen LogP contribution in [0.15, 0.2) is 71.6 Å². The Bertz CT molecular complexity index is 1660. The van der Waals surface area contributed by atoms with Crippen LogP contribution in [0, 0.1) is 23.4 Å². The summed E-state index contributed by atoms with van der Waals surface area (Å²) in [6.45, 7) is 0.205. The molecule has 0 N–H and O–H groups in total. The molecule has 2 aliphatic heterocycles. The van der Waals surface area contributed by atoms with E-state index >= 15 is 0 Å². The predicted octanol–water partition coefficient (Wildman–Crippen LogP) is 7.13. The molecule has 2 aliphatic rings. The number of benzene rings is 3. The third kappa shape index (κ3) is 6.93. The fraction of sp³-hybridized carbons (Fsp3) is 0.412. The number of halogens is 9. The molecule has 2 atom stereocenters. The fourth-order valence-electron chi connectivity index (χ4n) is 6.54. The first-order valence-electron chi connectivity index (χ1n) is 15.4. The molecule has 3 aromatic carbocycles. The maximum Gasteiger partial charge on any atom is 0.430 e. The van der Waals surface area contributed by atoms with Gasteiger partial charge >= 0.3 is 12.4 Å². The Hall–Kier alpha value is -3.76. The number of alkyl halides is 6. The van der Waals surface area contributed by atoms with E-state index in [9.17, 15) is 53.7 Å². The van der Waals surface area contributed by atoms with Gasteiger partial charge < -0.3 is 19.1 Å². The number of hydrogen-bond donors (Lipinski definition) is 0. The summed E-state index contributed by atoms with van der Waals surface area (Å²) in [6.07, 6.45) is -11.6. The molecular weight excluding hydrogens is 703 g/mol. The normalized spacial score (nSPS) is 19.9. The number of rotatable bonds is 8. The molecule has 0 aromatic heterocycles. The van der Waals surface area contributed by atoms with Crippen LogP contribution in [0.4, 0.5) is 39.5 Å². The lowest BCUT2D eigenvalue weighted by atomic mass is 9.88. The molecule has 0 saturated carbocycles. The SMILES string of the molecule is CC(=O)N1CCC(C(=O)N2CCC(c3ccc(C(OCc4c(F)cccc4F)(C(F)(F)F)C(F)(F)F)cc3)([S+]([O-])c3ccc(F)cc3)C2)CC1. The van der Waals surface area contributed by atoms with Crippen LogP contribution in [0.2, 0.25) is 0 Å². The first kappa shape index (κ1) is 37.5. The highest BCUT2D eigenvalue weighted by atomic mass is 32.2. The summed E-state index contributed by atoms with van der Waals surface area (Å²) in [5.74, 6) is -4.38. The van der Waals surface area contributed by atoms with Crippen LogP contribution >= 0.6 is 0 Å². The van der Waals surface area contributed by atoms with E-state index in [4.69, 9.17) is 0 Å². The van der Waals surface area contributed by atoms with Gasteiger partial charge in [-0.3, -0.25) is 9.59 Å². The molecule has 2 unspecified atom stereocenters. The summed E-state index contributed by atoms with van der Waals surface area (Å²) in [5, 5.41) is 0. The summed E-state index contributed by atoms with van der Waals surface area (Å²) < 4.78 is 146. The van der Waals surface area contributed by atoms with Crippen LogP contribution in [-0.4, -0.2) is 64.7 Å². The summed E-state index contributed by atoms with van der Waals surface area (Å²) in [7, 11) is 0. The first-order chi connectivity index (χ1) is 23.4.